The van der Waals surface area contributed by atoms with Gasteiger partial charge in [-0.3, -0.25) is 14.7 Å². The largest absolute Gasteiger partial charge is 0.481 e. The minimum Gasteiger partial charge on any atom is -0.481 e. The van der Waals surface area contributed by atoms with Crippen molar-refractivity contribution < 1.29 is 23.1 Å². The van der Waals surface area contributed by atoms with Crippen molar-refractivity contribution in [3.8, 4) is 0 Å². The van der Waals surface area contributed by atoms with E-state index in [1.165, 1.54) is 4.90 Å². The van der Waals surface area contributed by atoms with E-state index in [2.05, 4.69) is 15.2 Å². The fourth-order valence-corrected chi connectivity index (χ4v) is 3.73. The van der Waals surface area contributed by atoms with Crippen LogP contribution in [0.1, 0.15) is 29.8 Å². The third-order valence-corrected chi connectivity index (χ3v) is 4.96. The number of carbonyl (C=O) groups is 2. The first-order valence-electron chi connectivity index (χ1n) is 6.47. The smallest absolute Gasteiger partial charge is 0.305 e. The van der Waals surface area contributed by atoms with Crippen molar-refractivity contribution in [2.24, 2.45) is 0 Å². The van der Waals surface area contributed by atoms with E-state index in [0.29, 0.717) is 12.2 Å². The van der Waals surface area contributed by atoms with Crippen LogP contribution in [0.25, 0.3) is 0 Å². The zero-order valence-corrected chi connectivity index (χ0v) is 12.3. The van der Waals surface area contributed by atoms with Gasteiger partial charge < -0.3 is 10.0 Å². The van der Waals surface area contributed by atoms with Crippen LogP contribution in [0.4, 0.5) is 0 Å². The van der Waals surface area contributed by atoms with Gasteiger partial charge in [0.1, 0.15) is 5.82 Å². The molecule has 0 bridgehead atoms. The van der Waals surface area contributed by atoms with Gasteiger partial charge in [0.05, 0.1) is 24.0 Å². The van der Waals surface area contributed by atoms with Crippen molar-refractivity contribution in [1.29, 1.82) is 0 Å². The van der Waals surface area contributed by atoms with Gasteiger partial charge in [-0.1, -0.05) is 6.92 Å². The van der Waals surface area contributed by atoms with Crippen molar-refractivity contribution in [3.05, 3.63) is 11.6 Å². The molecule has 0 aliphatic carbocycles. The van der Waals surface area contributed by atoms with Gasteiger partial charge in [0, 0.05) is 13.0 Å². The van der Waals surface area contributed by atoms with Gasteiger partial charge in [0.2, 0.25) is 5.82 Å². The quantitative estimate of drug-likeness (QED) is 0.733. The molecule has 1 unspecified atom stereocenters. The Kier molecular flexibility index (Phi) is 4.26. The van der Waals surface area contributed by atoms with Crippen LogP contribution in [0.5, 0.6) is 0 Å². The molecule has 0 saturated carbocycles. The molecule has 1 fully saturated rings. The molecule has 1 aliphatic heterocycles. The normalized spacial score (nSPS) is 21.2. The Balaban J connectivity index is 2.22. The zero-order valence-electron chi connectivity index (χ0n) is 11.4. The number of aromatic amines is 1. The molecule has 10 heteroatoms. The molecule has 0 aromatic carbocycles. The predicted molar refractivity (Wildman–Crippen MR) is 71.5 cm³/mol. The number of nitrogens with zero attached hydrogens (tertiary/aromatic N) is 3. The van der Waals surface area contributed by atoms with Crippen LogP contribution in [0.2, 0.25) is 0 Å². The van der Waals surface area contributed by atoms with Gasteiger partial charge in [-0.2, -0.15) is 0 Å². The van der Waals surface area contributed by atoms with Gasteiger partial charge in [-0.25, -0.2) is 13.4 Å². The highest BCUT2D eigenvalue weighted by molar-refractivity contribution is 7.91. The van der Waals surface area contributed by atoms with Gasteiger partial charge >= 0.3 is 5.97 Å². The molecule has 1 aromatic rings. The monoisotopic (exact) mass is 316 g/mol. The highest BCUT2D eigenvalue weighted by atomic mass is 32.2. The Morgan fingerprint density at radius 1 is 1.48 bits per heavy atom. The van der Waals surface area contributed by atoms with Crippen molar-refractivity contribution in [2.45, 2.75) is 25.8 Å². The highest BCUT2D eigenvalue weighted by Gasteiger charge is 2.36. The van der Waals surface area contributed by atoms with E-state index in [9.17, 15) is 18.0 Å². The van der Waals surface area contributed by atoms with E-state index in [-0.39, 0.29) is 23.9 Å². The molecule has 1 amide bonds. The lowest BCUT2D eigenvalue weighted by Gasteiger charge is -2.33. The summed E-state index contributed by atoms with van der Waals surface area (Å²) in [5.41, 5.74) is 0. The molecule has 1 aromatic heterocycles. The van der Waals surface area contributed by atoms with E-state index in [1.54, 1.807) is 0 Å². The molecule has 9 nitrogen and oxygen atoms in total. The third kappa shape index (κ3) is 3.57. The number of hydrogen-bond acceptors (Lipinski definition) is 6. The first-order chi connectivity index (χ1) is 9.82. The topological polar surface area (TPSA) is 133 Å². The molecule has 0 radical (unpaired) electrons. The van der Waals surface area contributed by atoms with E-state index in [1.807, 2.05) is 6.92 Å². The van der Waals surface area contributed by atoms with Gasteiger partial charge in [0.15, 0.2) is 9.84 Å². The van der Waals surface area contributed by atoms with E-state index in [0.717, 1.165) is 0 Å². The fourth-order valence-electron chi connectivity index (χ4n) is 2.20. The highest BCUT2D eigenvalue weighted by Crippen LogP contribution is 2.17. The Morgan fingerprint density at radius 3 is 2.76 bits per heavy atom. The first-order valence-corrected chi connectivity index (χ1v) is 8.29. The summed E-state index contributed by atoms with van der Waals surface area (Å²) in [5, 5.41) is 15.3. The Bertz CT molecular complexity index is 653. The number of carboxylic acids is 1. The van der Waals surface area contributed by atoms with Crippen molar-refractivity contribution >= 4 is 21.7 Å². The predicted octanol–water partition coefficient (Wildman–Crippen LogP) is -0.919. The minimum atomic E-state index is -3.33. The summed E-state index contributed by atoms with van der Waals surface area (Å²) in [6.07, 6.45) is 0.156. The van der Waals surface area contributed by atoms with E-state index >= 15 is 0 Å². The molecule has 116 valence electrons. The maximum Gasteiger partial charge on any atom is 0.305 e. The second-order valence-electron chi connectivity index (χ2n) is 4.82. The van der Waals surface area contributed by atoms with E-state index < -0.39 is 34.2 Å². The lowest BCUT2D eigenvalue weighted by Crippen LogP contribution is -2.52. The number of rotatable bonds is 4. The molecule has 1 aliphatic rings. The second-order valence-corrected chi connectivity index (χ2v) is 7.05. The van der Waals surface area contributed by atoms with Crippen molar-refractivity contribution in [1.82, 2.24) is 20.1 Å². The third-order valence-electron chi connectivity index (χ3n) is 3.26. The summed E-state index contributed by atoms with van der Waals surface area (Å²) in [6.45, 7) is 1.80. The molecule has 2 heterocycles. The van der Waals surface area contributed by atoms with Crippen LogP contribution < -0.4 is 0 Å². The maximum atomic E-state index is 12.3. The average Bonchev–Trinajstić information content (AvgIpc) is 2.85. The summed E-state index contributed by atoms with van der Waals surface area (Å²) >= 11 is 0. The number of nitrogens with one attached hydrogen (secondary N) is 1. The molecule has 21 heavy (non-hydrogen) atoms. The summed E-state index contributed by atoms with van der Waals surface area (Å²) in [7, 11) is -3.33. The maximum absolute atomic E-state index is 12.3. The number of H-pyrrole nitrogens is 1. The van der Waals surface area contributed by atoms with Crippen molar-refractivity contribution in [3.63, 3.8) is 0 Å². The molecule has 1 atom stereocenters. The summed E-state index contributed by atoms with van der Waals surface area (Å²) < 4.78 is 23.3. The van der Waals surface area contributed by atoms with Crippen LogP contribution in [0.15, 0.2) is 0 Å². The molecule has 0 spiro atoms. The molecule has 2 N–H and O–H groups in total. The van der Waals surface area contributed by atoms with Gasteiger partial charge in [-0.05, 0) is 0 Å². The molecular weight excluding hydrogens is 300 g/mol. The van der Waals surface area contributed by atoms with Crippen LogP contribution in [0.3, 0.4) is 0 Å². The van der Waals surface area contributed by atoms with Gasteiger partial charge in [0.25, 0.3) is 5.91 Å². The number of sulfone groups is 1. The van der Waals surface area contributed by atoms with Crippen LogP contribution in [-0.4, -0.2) is 69.6 Å². The lowest BCUT2D eigenvalue weighted by molar-refractivity contribution is -0.138. The Hall–Kier alpha value is -1.97. The zero-order chi connectivity index (χ0) is 15.6. The lowest BCUT2D eigenvalue weighted by atomic mass is 10.2. The number of hydrogen-bond donors (Lipinski definition) is 2. The first kappa shape index (κ1) is 15.4. The minimum absolute atomic E-state index is 0.0465. The Labute approximate surface area is 121 Å². The molecule has 1 saturated heterocycles. The number of carboxylic acid groups (broad SMARTS) is 1. The number of aryl methyl sites for hydroxylation is 1. The summed E-state index contributed by atoms with van der Waals surface area (Å²) in [5.74, 6) is -1.76. The summed E-state index contributed by atoms with van der Waals surface area (Å²) in [4.78, 5) is 28.4. The second kappa shape index (κ2) is 5.80. The van der Waals surface area contributed by atoms with E-state index in [4.69, 9.17) is 5.11 Å². The SMILES string of the molecule is CCc1nc(C(=O)N2CCS(=O)(=O)CC2CC(=O)O)n[nH]1. The summed E-state index contributed by atoms with van der Waals surface area (Å²) in [6, 6.07) is -0.891. The van der Waals surface area contributed by atoms with Crippen LogP contribution in [0, 0.1) is 0 Å². The molecular formula is C11H16N4O5S. The fraction of sp³-hybridized carbons (Fsp3) is 0.636. The number of aliphatic carboxylic acids is 1. The van der Waals surface area contributed by atoms with Crippen LogP contribution in [-0.2, 0) is 21.1 Å². The number of aromatic nitrogens is 3. The number of amides is 1. The van der Waals surface area contributed by atoms with Crippen LogP contribution >= 0.6 is 0 Å². The number of carbonyl (C=O) groups excluding carboxylic acids is 1. The Morgan fingerprint density at radius 2 is 2.19 bits per heavy atom. The van der Waals surface area contributed by atoms with Crippen molar-refractivity contribution in [2.75, 3.05) is 18.1 Å². The standard InChI is InChI=1S/C11H16N4O5S/c1-2-8-12-10(14-13-8)11(18)15-3-4-21(19,20)6-7(15)5-9(16)17/h7H,2-6H2,1H3,(H,16,17)(H,12,13,14). The molecule has 2 rings (SSSR count). The average molecular weight is 316 g/mol. The van der Waals surface area contributed by atoms with Gasteiger partial charge in [-0.15, -0.1) is 5.10 Å².